The van der Waals surface area contributed by atoms with Crippen LogP contribution in [0.5, 0.6) is 5.75 Å². The first kappa shape index (κ1) is 14.8. The Balaban J connectivity index is 2.25. The molecule has 3 nitrogen and oxygen atoms in total. The Labute approximate surface area is 111 Å². The third-order valence-electron chi connectivity index (χ3n) is 2.67. The van der Waals surface area contributed by atoms with Gasteiger partial charge in [0, 0.05) is 18.3 Å². The van der Waals surface area contributed by atoms with Crippen LogP contribution in [0.2, 0.25) is 0 Å². The Morgan fingerprint density at radius 1 is 1.17 bits per heavy atom. The van der Waals surface area contributed by atoms with Gasteiger partial charge in [0.25, 0.3) is 0 Å². The first-order chi connectivity index (χ1) is 8.72. The fraction of sp³-hybridized carbons (Fsp3) is 0.600. The zero-order chi connectivity index (χ0) is 13.2. The molecule has 0 aliphatic heterocycles. The molecule has 0 unspecified atom stereocenters. The average Bonchev–Trinajstić information content (AvgIpc) is 2.33. The van der Waals surface area contributed by atoms with Crippen molar-refractivity contribution in [1.29, 1.82) is 0 Å². The summed E-state index contributed by atoms with van der Waals surface area (Å²) in [4.78, 5) is 0. The molecule has 0 spiro atoms. The second-order valence-corrected chi connectivity index (χ2v) is 4.82. The third-order valence-corrected chi connectivity index (χ3v) is 2.67. The number of nitrogens with one attached hydrogen (secondary N) is 1. The van der Waals surface area contributed by atoms with Gasteiger partial charge in [0.1, 0.15) is 5.75 Å². The summed E-state index contributed by atoms with van der Waals surface area (Å²) in [6.45, 7) is 5.90. The van der Waals surface area contributed by atoms with E-state index in [1.54, 1.807) is 0 Å². The van der Waals surface area contributed by atoms with Crippen molar-refractivity contribution in [3.05, 3.63) is 24.3 Å². The molecule has 0 amide bonds. The van der Waals surface area contributed by atoms with E-state index in [2.05, 4.69) is 17.4 Å². The van der Waals surface area contributed by atoms with Crippen LogP contribution in [0.15, 0.2) is 24.3 Å². The van der Waals surface area contributed by atoms with Crippen LogP contribution in [0.1, 0.15) is 39.5 Å². The van der Waals surface area contributed by atoms with E-state index in [1.165, 1.54) is 19.3 Å². The highest BCUT2D eigenvalue weighted by molar-refractivity contribution is 5.48. The molecule has 1 aromatic rings. The van der Waals surface area contributed by atoms with Crippen molar-refractivity contribution in [2.75, 3.05) is 18.4 Å². The lowest BCUT2D eigenvalue weighted by molar-refractivity contribution is 0.242. The van der Waals surface area contributed by atoms with E-state index >= 15 is 0 Å². The smallest absolute Gasteiger partial charge is 0.121 e. The van der Waals surface area contributed by atoms with Crippen LogP contribution >= 0.6 is 0 Å². The van der Waals surface area contributed by atoms with Gasteiger partial charge in [-0.2, -0.15) is 0 Å². The van der Waals surface area contributed by atoms with Crippen molar-refractivity contribution < 1.29 is 4.74 Å². The lowest BCUT2D eigenvalue weighted by Crippen LogP contribution is -2.06. The summed E-state index contributed by atoms with van der Waals surface area (Å²) >= 11 is 0. The Morgan fingerprint density at radius 2 is 1.94 bits per heavy atom. The van der Waals surface area contributed by atoms with Gasteiger partial charge in [0.05, 0.1) is 6.10 Å². The minimum Gasteiger partial charge on any atom is -0.491 e. The molecule has 1 aromatic carbocycles. The van der Waals surface area contributed by atoms with Gasteiger partial charge < -0.3 is 15.8 Å². The molecular weight excluding hydrogens is 224 g/mol. The van der Waals surface area contributed by atoms with Crippen LogP contribution in [-0.4, -0.2) is 19.2 Å². The maximum atomic E-state index is 5.66. The van der Waals surface area contributed by atoms with Crippen molar-refractivity contribution in [3.63, 3.8) is 0 Å². The van der Waals surface area contributed by atoms with Crippen LogP contribution in [0.3, 0.4) is 0 Å². The normalized spacial score (nSPS) is 10.7. The van der Waals surface area contributed by atoms with Gasteiger partial charge in [-0.25, -0.2) is 0 Å². The minimum atomic E-state index is 0.219. The van der Waals surface area contributed by atoms with E-state index in [4.69, 9.17) is 10.5 Å². The standard InChI is InChI=1S/C15H26N2O/c1-13(2)18-15-9-7-8-14(12-15)17-11-6-4-3-5-10-16/h7-9,12-13,17H,3-6,10-11,16H2,1-2H3. The molecule has 102 valence electrons. The summed E-state index contributed by atoms with van der Waals surface area (Å²) in [5, 5.41) is 3.42. The first-order valence-electron chi connectivity index (χ1n) is 6.93. The van der Waals surface area contributed by atoms with Crippen molar-refractivity contribution in [1.82, 2.24) is 0 Å². The van der Waals surface area contributed by atoms with Gasteiger partial charge in [-0.1, -0.05) is 18.9 Å². The minimum absolute atomic E-state index is 0.219. The molecule has 1 rings (SSSR count). The van der Waals surface area contributed by atoms with Gasteiger partial charge >= 0.3 is 0 Å². The fourth-order valence-corrected chi connectivity index (χ4v) is 1.81. The molecule has 18 heavy (non-hydrogen) atoms. The van der Waals surface area contributed by atoms with Crippen molar-refractivity contribution in [2.24, 2.45) is 5.73 Å². The second-order valence-electron chi connectivity index (χ2n) is 4.82. The molecule has 0 atom stereocenters. The number of hydrogen-bond acceptors (Lipinski definition) is 3. The second kappa shape index (κ2) is 8.81. The molecule has 3 heteroatoms. The predicted molar refractivity (Wildman–Crippen MR) is 78.2 cm³/mol. The van der Waals surface area contributed by atoms with Crippen LogP contribution < -0.4 is 15.8 Å². The van der Waals surface area contributed by atoms with E-state index in [0.29, 0.717) is 0 Å². The quantitative estimate of drug-likeness (QED) is 0.660. The Bertz CT molecular complexity index is 326. The summed E-state index contributed by atoms with van der Waals surface area (Å²) in [6, 6.07) is 8.15. The van der Waals surface area contributed by atoms with Crippen LogP contribution in [0, 0.1) is 0 Å². The van der Waals surface area contributed by atoms with Crippen LogP contribution in [-0.2, 0) is 0 Å². The molecule has 0 bridgehead atoms. The van der Waals surface area contributed by atoms with Crippen molar-refractivity contribution in [3.8, 4) is 5.75 Å². The van der Waals surface area contributed by atoms with Crippen LogP contribution in [0.25, 0.3) is 0 Å². The highest BCUT2D eigenvalue weighted by Crippen LogP contribution is 2.18. The van der Waals surface area contributed by atoms with E-state index in [1.807, 2.05) is 26.0 Å². The zero-order valence-electron chi connectivity index (χ0n) is 11.6. The molecule has 3 N–H and O–H groups in total. The first-order valence-corrected chi connectivity index (χ1v) is 6.93. The summed E-state index contributed by atoms with van der Waals surface area (Å²) in [5.41, 5.74) is 6.59. The largest absolute Gasteiger partial charge is 0.491 e. The average molecular weight is 250 g/mol. The number of benzene rings is 1. The lowest BCUT2D eigenvalue weighted by atomic mass is 10.2. The fourth-order valence-electron chi connectivity index (χ4n) is 1.81. The van der Waals surface area contributed by atoms with Crippen molar-refractivity contribution >= 4 is 5.69 Å². The molecular formula is C15H26N2O. The Morgan fingerprint density at radius 3 is 2.67 bits per heavy atom. The molecule has 0 saturated carbocycles. The highest BCUT2D eigenvalue weighted by Gasteiger charge is 1.98. The van der Waals surface area contributed by atoms with E-state index in [0.717, 1.165) is 30.9 Å². The molecule has 0 radical (unpaired) electrons. The van der Waals surface area contributed by atoms with Crippen molar-refractivity contribution in [2.45, 2.75) is 45.6 Å². The summed E-state index contributed by atoms with van der Waals surface area (Å²) in [6.07, 6.45) is 5.02. The molecule has 0 aromatic heterocycles. The summed E-state index contributed by atoms with van der Waals surface area (Å²) in [7, 11) is 0. The number of hydrogen-bond donors (Lipinski definition) is 2. The molecule has 0 aliphatic rings. The van der Waals surface area contributed by atoms with E-state index in [9.17, 15) is 0 Å². The van der Waals surface area contributed by atoms with Gasteiger partial charge in [-0.15, -0.1) is 0 Å². The lowest BCUT2D eigenvalue weighted by Gasteiger charge is -2.12. The number of nitrogens with two attached hydrogens (primary N) is 1. The topological polar surface area (TPSA) is 47.3 Å². The predicted octanol–water partition coefficient (Wildman–Crippen LogP) is 3.40. The molecule has 0 aliphatic carbocycles. The number of anilines is 1. The van der Waals surface area contributed by atoms with E-state index < -0.39 is 0 Å². The summed E-state index contributed by atoms with van der Waals surface area (Å²) in [5.74, 6) is 0.929. The molecule has 0 fully saturated rings. The van der Waals surface area contributed by atoms with Crippen LogP contribution in [0.4, 0.5) is 5.69 Å². The Kier molecular flexibility index (Phi) is 7.26. The van der Waals surface area contributed by atoms with Gasteiger partial charge in [-0.3, -0.25) is 0 Å². The highest BCUT2D eigenvalue weighted by atomic mass is 16.5. The monoisotopic (exact) mass is 250 g/mol. The number of unbranched alkanes of at least 4 members (excludes halogenated alkanes) is 3. The number of rotatable bonds is 9. The zero-order valence-corrected chi connectivity index (χ0v) is 11.6. The van der Waals surface area contributed by atoms with Gasteiger partial charge in [0.15, 0.2) is 0 Å². The molecule has 0 saturated heterocycles. The van der Waals surface area contributed by atoms with Gasteiger partial charge in [0.2, 0.25) is 0 Å². The third kappa shape index (κ3) is 6.50. The molecule has 0 heterocycles. The van der Waals surface area contributed by atoms with Gasteiger partial charge in [-0.05, 0) is 45.4 Å². The maximum Gasteiger partial charge on any atom is 0.121 e. The summed E-state index contributed by atoms with van der Waals surface area (Å²) < 4.78 is 5.66. The Hall–Kier alpha value is -1.22. The number of ether oxygens (including phenoxy) is 1. The SMILES string of the molecule is CC(C)Oc1cccc(NCCCCCCN)c1. The van der Waals surface area contributed by atoms with E-state index in [-0.39, 0.29) is 6.10 Å². The maximum absolute atomic E-state index is 5.66.